The van der Waals surface area contributed by atoms with Crippen molar-refractivity contribution in [3.8, 4) is 0 Å². The van der Waals surface area contributed by atoms with E-state index < -0.39 is 10.8 Å². The van der Waals surface area contributed by atoms with Gasteiger partial charge in [0, 0.05) is 22.6 Å². The third-order valence-corrected chi connectivity index (χ3v) is 5.31. The average Bonchev–Trinajstić information content (AvgIpc) is 2.62. The molecule has 2 rings (SSSR count). The lowest BCUT2D eigenvalue weighted by Crippen LogP contribution is -2.33. The average molecular weight is 251 g/mol. The van der Waals surface area contributed by atoms with Crippen molar-refractivity contribution >= 4 is 10.8 Å². The molecule has 0 bridgehead atoms. The minimum Gasteiger partial charge on any atom is -0.327 e. The topological polar surface area (TPSA) is 43.1 Å². The van der Waals surface area contributed by atoms with E-state index in [0.717, 1.165) is 19.3 Å². The van der Waals surface area contributed by atoms with Crippen LogP contribution >= 0.6 is 0 Å². The maximum atomic E-state index is 12.3. The van der Waals surface area contributed by atoms with Crippen molar-refractivity contribution in [1.29, 1.82) is 0 Å². The molecule has 1 saturated carbocycles. The molecule has 0 heterocycles. The maximum absolute atomic E-state index is 12.3. The highest BCUT2D eigenvalue weighted by atomic mass is 32.2. The summed E-state index contributed by atoms with van der Waals surface area (Å²) in [5.41, 5.74) is 9.67. The van der Waals surface area contributed by atoms with Gasteiger partial charge in [-0.05, 0) is 32.3 Å². The van der Waals surface area contributed by atoms with Crippen LogP contribution in [0, 0.1) is 13.8 Å². The van der Waals surface area contributed by atoms with Crippen molar-refractivity contribution in [2.24, 2.45) is 5.73 Å². The van der Waals surface area contributed by atoms with Gasteiger partial charge in [0.25, 0.3) is 0 Å². The van der Waals surface area contributed by atoms with E-state index in [2.05, 4.69) is 32.0 Å². The second-order valence-corrected chi connectivity index (χ2v) is 6.81. The van der Waals surface area contributed by atoms with Crippen LogP contribution in [0.5, 0.6) is 0 Å². The maximum Gasteiger partial charge on any atom is 0.0502 e. The molecular weight excluding hydrogens is 230 g/mol. The Morgan fingerprint density at radius 1 is 1.24 bits per heavy atom. The van der Waals surface area contributed by atoms with E-state index in [1.807, 2.05) is 0 Å². The van der Waals surface area contributed by atoms with Gasteiger partial charge in [-0.3, -0.25) is 4.21 Å². The Hall–Kier alpha value is -0.670. The molecule has 17 heavy (non-hydrogen) atoms. The zero-order chi connectivity index (χ0) is 12.4. The highest BCUT2D eigenvalue weighted by Crippen LogP contribution is 2.24. The predicted octanol–water partition coefficient (Wildman–Crippen LogP) is 2.43. The first-order valence-corrected chi connectivity index (χ1v) is 7.64. The fraction of sp³-hybridized carbons (Fsp3) is 0.571. The lowest BCUT2D eigenvalue weighted by atomic mass is 10.1. The van der Waals surface area contributed by atoms with Gasteiger partial charge in [-0.1, -0.05) is 35.7 Å². The highest BCUT2D eigenvalue weighted by Gasteiger charge is 2.28. The fourth-order valence-corrected chi connectivity index (χ4v) is 4.37. The Bertz CT molecular complexity index is 410. The summed E-state index contributed by atoms with van der Waals surface area (Å²) in [6.45, 7) is 4.17. The van der Waals surface area contributed by atoms with Gasteiger partial charge in [0.05, 0.1) is 5.25 Å². The molecule has 0 radical (unpaired) electrons. The van der Waals surface area contributed by atoms with Crippen LogP contribution in [0.1, 0.15) is 36.0 Å². The quantitative estimate of drug-likeness (QED) is 0.896. The summed E-state index contributed by atoms with van der Waals surface area (Å²) < 4.78 is 12.3. The summed E-state index contributed by atoms with van der Waals surface area (Å²) >= 11 is 0. The lowest BCUT2D eigenvalue weighted by molar-refractivity contribution is 0.648. The first kappa shape index (κ1) is 12.8. The Balaban J connectivity index is 2.07. The molecule has 1 aliphatic carbocycles. The smallest absolute Gasteiger partial charge is 0.0502 e. The van der Waals surface area contributed by atoms with E-state index in [0.29, 0.717) is 5.75 Å². The predicted molar refractivity (Wildman–Crippen MR) is 73.4 cm³/mol. The van der Waals surface area contributed by atoms with Gasteiger partial charge in [-0.25, -0.2) is 0 Å². The molecule has 0 amide bonds. The first-order chi connectivity index (χ1) is 8.06. The Morgan fingerprint density at radius 2 is 1.88 bits per heavy atom. The zero-order valence-corrected chi connectivity index (χ0v) is 11.4. The lowest BCUT2D eigenvalue weighted by Gasteiger charge is -2.15. The standard InChI is InChI=1S/C14H21NOS/c1-10-6-11(2)8-12(7-10)9-17(16)14-5-3-4-13(14)15/h6-8,13-14H,3-5,9,15H2,1-2H3. The molecule has 3 unspecified atom stereocenters. The van der Waals surface area contributed by atoms with Gasteiger partial charge < -0.3 is 5.73 Å². The third-order valence-electron chi connectivity index (χ3n) is 3.43. The largest absolute Gasteiger partial charge is 0.327 e. The van der Waals surface area contributed by atoms with Crippen molar-refractivity contribution in [2.75, 3.05) is 0 Å². The molecule has 1 aliphatic rings. The van der Waals surface area contributed by atoms with Crippen LogP contribution in [0.15, 0.2) is 18.2 Å². The van der Waals surface area contributed by atoms with Crippen LogP contribution in [0.4, 0.5) is 0 Å². The number of hydrogen-bond acceptors (Lipinski definition) is 2. The summed E-state index contributed by atoms with van der Waals surface area (Å²) in [6, 6.07) is 6.55. The van der Waals surface area contributed by atoms with E-state index in [4.69, 9.17) is 5.73 Å². The van der Waals surface area contributed by atoms with Crippen molar-refractivity contribution < 1.29 is 4.21 Å². The molecule has 2 N–H and O–H groups in total. The molecule has 1 aromatic carbocycles. The molecule has 0 aromatic heterocycles. The second kappa shape index (κ2) is 5.32. The van der Waals surface area contributed by atoms with Crippen LogP contribution in [-0.4, -0.2) is 15.5 Å². The van der Waals surface area contributed by atoms with Crippen LogP contribution in [-0.2, 0) is 16.6 Å². The van der Waals surface area contributed by atoms with E-state index in [9.17, 15) is 4.21 Å². The van der Waals surface area contributed by atoms with Gasteiger partial charge >= 0.3 is 0 Å². The van der Waals surface area contributed by atoms with Crippen LogP contribution in [0.3, 0.4) is 0 Å². The number of benzene rings is 1. The van der Waals surface area contributed by atoms with Gasteiger partial charge in [0.15, 0.2) is 0 Å². The molecule has 0 saturated heterocycles. The molecular formula is C14H21NOS. The van der Waals surface area contributed by atoms with Crippen molar-refractivity contribution in [1.82, 2.24) is 0 Å². The number of aryl methyl sites for hydroxylation is 2. The van der Waals surface area contributed by atoms with Gasteiger partial charge in [0.2, 0.25) is 0 Å². The first-order valence-electron chi connectivity index (χ1n) is 6.26. The monoisotopic (exact) mass is 251 g/mol. The summed E-state index contributed by atoms with van der Waals surface area (Å²) in [5, 5.41) is 0.204. The van der Waals surface area contributed by atoms with Crippen molar-refractivity contribution in [3.05, 3.63) is 34.9 Å². The number of hydrogen-bond donors (Lipinski definition) is 1. The van der Waals surface area contributed by atoms with Gasteiger partial charge in [-0.15, -0.1) is 0 Å². The number of rotatable bonds is 3. The van der Waals surface area contributed by atoms with Crippen molar-refractivity contribution in [2.45, 2.75) is 50.2 Å². The molecule has 1 fully saturated rings. The van der Waals surface area contributed by atoms with Gasteiger partial charge in [-0.2, -0.15) is 0 Å². The Morgan fingerprint density at radius 3 is 2.41 bits per heavy atom. The fourth-order valence-electron chi connectivity index (χ4n) is 2.70. The van der Waals surface area contributed by atoms with Crippen LogP contribution in [0.25, 0.3) is 0 Å². The highest BCUT2D eigenvalue weighted by molar-refractivity contribution is 7.84. The summed E-state index contributed by atoms with van der Waals surface area (Å²) in [5.74, 6) is 0.654. The molecule has 1 aromatic rings. The van der Waals surface area contributed by atoms with Crippen molar-refractivity contribution in [3.63, 3.8) is 0 Å². The molecule has 2 nitrogen and oxygen atoms in total. The third kappa shape index (κ3) is 3.17. The summed E-state index contributed by atoms with van der Waals surface area (Å²) in [6.07, 6.45) is 3.19. The minimum atomic E-state index is -0.818. The summed E-state index contributed by atoms with van der Waals surface area (Å²) in [7, 11) is -0.818. The molecule has 94 valence electrons. The molecule has 3 atom stereocenters. The normalized spacial score (nSPS) is 26.1. The van der Waals surface area contributed by atoms with E-state index in [1.54, 1.807) is 0 Å². The summed E-state index contributed by atoms with van der Waals surface area (Å²) in [4.78, 5) is 0. The van der Waals surface area contributed by atoms with Crippen LogP contribution < -0.4 is 5.73 Å². The van der Waals surface area contributed by atoms with E-state index >= 15 is 0 Å². The molecule has 0 spiro atoms. The van der Waals surface area contributed by atoms with E-state index in [-0.39, 0.29) is 11.3 Å². The second-order valence-electron chi connectivity index (χ2n) is 5.15. The van der Waals surface area contributed by atoms with E-state index in [1.165, 1.54) is 16.7 Å². The number of nitrogens with two attached hydrogens (primary N) is 1. The minimum absolute atomic E-state index is 0.140. The van der Waals surface area contributed by atoms with Gasteiger partial charge in [0.1, 0.15) is 0 Å². The van der Waals surface area contributed by atoms with Crippen LogP contribution in [0.2, 0.25) is 0 Å². The Labute approximate surface area is 106 Å². The SMILES string of the molecule is Cc1cc(C)cc(CS(=O)C2CCCC2N)c1. The Kier molecular flexibility index (Phi) is 4.00. The zero-order valence-electron chi connectivity index (χ0n) is 10.6. The molecule has 0 aliphatic heterocycles. The molecule has 3 heteroatoms.